The van der Waals surface area contributed by atoms with E-state index < -0.39 is 0 Å². The van der Waals surface area contributed by atoms with E-state index >= 15 is 0 Å². The molecule has 0 N–H and O–H groups in total. The van der Waals surface area contributed by atoms with Crippen LogP contribution in [-0.2, 0) is 0 Å². The van der Waals surface area contributed by atoms with Gasteiger partial charge in [0.25, 0.3) is 0 Å². The summed E-state index contributed by atoms with van der Waals surface area (Å²) in [6.45, 7) is 2.34. The summed E-state index contributed by atoms with van der Waals surface area (Å²) in [6.07, 6.45) is 7.89. The van der Waals surface area contributed by atoms with Crippen LogP contribution in [0, 0.1) is 5.92 Å². The van der Waals surface area contributed by atoms with Crippen LogP contribution in [-0.4, -0.2) is 4.43 Å². The number of halogens is 1. The van der Waals surface area contributed by atoms with Gasteiger partial charge in [0.1, 0.15) is 0 Å². The first kappa shape index (κ1) is 8.57. The van der Waals surface area contributed by atoms with E-state index in [1.807, 2.05) is 0 Å². The summed E-state index contributed by atoms with van der Waals surface area (Å²) in [4.78, 5) is 0. The zero-order valence-electron chi connectivity index (χ0n) is 6.57. The normalized spacial score (nSPS) is 26.2. The van der Waals surface area contributed by atoms with Gasteiger partial charge in [0.15, 0.2) is 0 Å². The number of hydrogen-bond donors (Lipinski definition) is 0. The highest BCUT2D eigenvalue weighted by atomic mass is 127. The molecule has 0 saturated heterocycles. The third-order valence-electron chi connectivity index (χ3n) is 2.18. The van der Waals surface area contributed by atoms with Crippen molar-refractivity contribution in [2.45, 2.75) is 32.6 Å². The highest BCUT2D eigenvalue weighted by Crippen LogP contribution is 2.24. The van der Waals surface area contributed by atoms with Gasteiger partial charge in [-0.3, -0.25) is 0 Å². The fraction of sp³-hybridized carbons (Fsp3) is 0.778. The lowest BCUT2D eigenvalue weighted by Crippen LogP contribution is -2.01. The second-order valence-corrected chi connectivity index (χ2v) is 4.26. The molecule has 0 spiro atoms. The third-order valence-corrected chi connectivity index (χ3v) is 2.72. The first-order valence-electron chi connectivity index (χ1n) is 4.07. The van der Waals surface area contributed by atoms with Crippen molar-refractivity contribution in [3.63, 3.8) is 0 Å². The maximum atomic E-state index is 2.45. The predicted molar refractivity (Wildman–Crippen MR) is 54.6 cm³/mol. The largest absolute Gasteiger partial charge is 0.0860 e. The van der Waals surface area contributed by atoms with Crippen molar-refractivity contribution in [3.8, 4) is 0 Å². The minimum Gasteiger partial charge on any atom is -0.0860 e. The SMILES string of the molecule is CC1CC=C(CCI)CC1. The maximum Gasteiger partial charge on any atom is 0.00325 e. The molecule has 1 aliphatic rings. The van der Waals surface area contributed by atoms with Crippen molar-refractivity contribution >= 4 is 22.6 Å². The highest BCUT2D eigenvalue weighted by molar-refractivity contribution is 14.1. The monoisotopic (exact) mass is 250 g/mol. The smallest absolute Gasteiger partial charge is 0.00325 e. The van der Waals surface area contributed by atoms with E-state index in [1.165, 1.54) is 30.1 Å². The molecule has 0 aliphatic heterocycles. The molecule has 0 nitrogen and oxygen atoms in total. The minimum atomic E-state index is 0.943. The van der Waals surface area contributed by atoms with Crippen LogP contribution in [0.4, 0.5) is 0 Å². The Bertz CT molecular complexity index is 127. The summed E-state index contributed by atoms with van der Waals surface area (Å²) in [5.41, 5.74) is 1.70. The molecule has 0 fully saturated rings. The second kappa shape index (κ2) is 4.37. The van der Waals surface area contributed by atoms with E-state index in [0.29, 0.717) is 0 Å². The Morgan fingerprint density at radius 3 is 3.00 bits per heavy atom. The molecular formula is C9H15I. The highest BCUT2D eigenvalue weighted by Gasteiger charge is 2.08. The van der Waals surface area contributed by atoms with Crippen molar-refractivity contribution < 1.29 is 0 Å². The number of allylic oxidation sites excluding steroid dienone is 2. The standard InChI is InChI=1S/C9H15I/c1-8-2-4-9(5-3-8)6-7-10/h4,8H,2-3,5-7H2,1H3. The lowest BCUT2D eigenvalue weighted by molar-refractivity contribution is 0.509. The Labute approximate surface area is 77.2 Å². The van der Waals surface area contributed by atoms with E-state index in [0.717, 1.165) is 5.92 Å². The molecule has 1 atom stereocenters. The van der Waals surface area contributed by atoms with Crippen molar-refractivity contribution in [2.75, 3.05) is 4.43 Å². The summed E-state index contributed by atoms with van der Waals surface area (Å²) in [6, 6.07) is 0. The fourth-order valence-electron chi connectivity index (χ4n) is 1.37. The summed E-state index contributed by atoms with van der Waals surface area (Å²) in [7, 11) is 0. The zero-order valence-corrected chi connectivity index (χ0v) is 8.73. The molecule has 1 aliphatic carbocycles. The molecule has 0 saturated carbocycles. The Morgan fingerprint density at radius 2 is 2.50 bits per heavy atom. The Morgan fingerprint density at radius 1 is 1.70 bits per heavy atom. The Balaban J connectivity index is 2.33. The van der Waals surface area contributed by atoms with Crippen LogP contribution >= 0.6 is 22.6 Å². The molecule has 0 heterocycles. The summed E-state index contributed by atoms with van der Waals surface area (Å²) in [5.74, 6) is 0.943. The first-order chi connectivity index (χ1) is 4.83. The van der Waals surface area contributed by atoms with E-state index in [1.54, 1.807) is 5.57 Å². The van der Waals surface area contributed by atoms with Gasteiger partial charge in [-0.15, -0.1) is 0 Å². The van der Waals surface area contributed by atoms with E-state index in [2.05, 4.69) is 35.6 Å². The number of alkyl halides is 1. The minimum absolute atomic E-state index is 0.943. The Hall–Kier alpha value is 0.470. The molecule has 1 heteroatoms. The van der Waals surface area contributed by atoms with E-state index in [4.69, 9.17) is 0 Å². The van der Waals surface area contributed by atoms with E-state index in [-0.39, 0.29) is 0 Å². The van der Waals surface area contributed by atoms with Crippen LogP contribution in [0.15, 0.2) is 11.6 Å². The molecular weight excluding hydrogens is 235 g/mol. The lowest BCUT2D eigenvalue weighted by Gasteiger charge is -2.17. The van der Waals surface area contributed by atoms with Gasteiger partial charge >= 0.3 is 0 Å². The van der Waals surface area contributed by atoms with E-state index in [9.17, 15) is 0 Å². The average molecular weight is 250 g/mol. The third kappa shape index (κ3) is 2.60. The number of rotatable bonds is 2. The van der Waals surface area contributed by atoms with Crippen molar-refractivity contribution in [1.82, 2.24) is 0 Å². The van der Waals surface area contributed by atoms with Crippen LogP contribution in [0.2, 0.25) is 0 Å². The molecule has 0 bridgehead atoms. The number of hydrogen-bond acceptors (Lipinski definition) is 0. The predicted octanol–water partition coefficient (Wildman–Crippen LogP) is 3.56. The van der Waals surface area contributed by atoms with Gasteiger partial charge in [-0.05, 0) is 31.6 Å². The molecule has 1 rings (SSSR count). The van der Waals surface area contributed by atoms with Gasteiger partial charge < -0.3 is 0 Å². The molecule has 0 amide bonds. The molecule has 0 radical (unpaired) electrons. The van der Waals surface area contributed by atoms with Crippen LogP contribution in [0.5, 0.6) is 0 Å². The van der Waals surface area contributed by atoms with Gasteiger partial charge in [0.05, 0.1) is 0 Å². The topological polar surface area (TPSA) is 0 Å². The van der Waals surface area contributed by atoms with Crippen molar-refractivity contribution in [1.29, 1.82) is 0 Å². The molecule has 0 aromatic heterocycles. The molecule has 10 heavy (non-hydrogen) atoms. The lowest BCUT2D eigenvalue weighted by atomic mass is 9.90. The fourth-order valence-corrected chi connectivity index (χ4v) is 2.06. The van der Waals surface area contributed by atoms with Gasteiger partial charge in [0.2, 0.25) is 0 Å². The molecule has 0 aromatic rings. The second-order valence-electron chi connectivity index (χ2n) is 3.18. The van der Waals surface area contributed by atoms with Crippen LogP contribution < -0.4 is 0 Å². The van der Waals surface area contributed by atoms with Crippen LogP contribution in [0.3, 0.4) is 0 Å². The first-order valence-corrected chi connectivity index (χ1v) is 5.59. The van der Waals surface area contributed by atoms with Crippen molar-refractivity contribution in [3.05, 3.63) is 11.6 Å². The van der Waals surface area contributed by atoms with Gasteiger partial charge in [0, 0.05) is 4.43 Å². The zero-order chi connectivity index (χ0) is 7.40. The molecule has 0 aromatic carbocycles. The Kier molecular flexibility index (Phi) is 3.74. The summed E-state index contributed by atoms with van der Waals surface area (Å²) in [5, 5.41) is 0. The van der Waals surface area contributed by atoms with Crippen LogP contribution in [0.1, 0.15) is 32.6 Å². The molecule has 58 valence electrons. The average Bonchev–Trinajstić information content (AvgIpc) is 1.95. The maximum absolute atomic E-state index is 2.45. The van der Waals surface area contributed by atoms with Crippen molar-refractivity contribution in [2.24, 2.45) is 5.92 Å². The quantitative estimate of drug-likeness (QED) is 0.399. The van der Waals surface area contributed by atoms with Gasteiger partial charge in [-0.1, -0.05) is 41.2 Å². The van der Waals surface area contributed by atoms with Gasteiger partial charge in [-0.2, -0.15) is 0 Å². The molecule has 1 unspecified atom stereocenters. The summed E-state index contributed by atoms with van der Waals surface area (Å²) >= 11 is 2.45. The van der Waals surface area contributed by atoms with Gasteiger partial charge in [-0.25, -0.2) is 0 Å². The van der Waals surface area contributed by atoms with Crippen LogP contribution in [0.25, 0.3) is 0 Å². The summed E-state index contributed by atoms with van der Waals surface area (Å²) < 4.78 is 1.29.